The number of rotatable bonds is 5. The van der Waals surface area contributed by atoms with E-state index in [-0.39, 0.29) is 20.8 Å². The van der Waals surface area contributed by atoms with E-state index in [1.165, 1.54) is 6.92 Å². The largest absolute Gasteiger partial charge is 0.380 e. The Morgan fingerprint density at radius 1 is 1.33 bits per heavy atom. The first-order chi connectivity index (χ1) is 4.77. The third kappa shape index (κ3) is 16.2. The van der Waals surface area contributed by atoms with Gasteiger partial charge in [-0.3, -0.25) is 4.79 Å². The molecule has 0 aromatic carbocycles. The van der Waals surface area contributed by atoms with E-state index >= 15 is 0 Å². The van der Waals surface area contributed by atoms with Crippen LogP contribution in [0.5, 0.6) is 0 Å². The average Bonchev–Trinajstić information content (AvgIpc) is 1.87. The van der Waals surface area contributed by atoms with Gasteiger partial charge in [-0.2, -0.15) is 0 Å². The van der Waals surface area contributed by atoms with Gasteiger partial charge in [0.25, 0.3) is 0 Å². The van der Waals surface area contributed by atoms with E-state index in [2.05, 4.69) is 12.2 Å². The fraction of sp³-hybridized carbons (Fsp3) is 0.889. The average molecular weight is 177 g/mol. The van der Waals surface area contributed by atoms with Gasteiger partial charge < -0.3 is 10.1 Å². The Labute approximate surface area is 76.5 Å². The summed E-state index contributed by atoms with van der Waals surface area (Å²) in [5.74, 6) is 0.0000912. The highest BCUT2D eigenvalue weighted by Gasteiger charge is 1.88. The zero-order valence-electron chi connectivity index (χ0n) is 6.64. The van der Waals surface area contributed by atoms with Gasteiger partial charge >= 0.3 is 0 Å². The summed E-state index contributed by atoms with van der Waals surface area (Å²) in [7, 11) is 0. The van der Waals surface area contributed by atoms with Crippen LogP contribution >= 0.6 is 0 Å². The molecule has 1 N–H and O–H groups in total. The molecule has 1 amide bonds. The Morgan fingerprint density at radius 3 is 2.33 bits per heavy atom. The van der Waals surface area contributed by atoms with Gasteiger partial charge in [0, 0.05) is 20.1 Å². The quantitative estimate of drug-likeness (QED) is 0.650. The summed E-state index contributed by atoms with van der Waals surface area (Å²) in [5, 5.41) is 2.64. The van der Waals surface area contributed by atoms with Gasteiger partial charge in [0.2, 0.25) is 5.91 Å². The normalized spacial score (nSPS) is 7.83. The van der Waals surface area contributed by atoms with Gasteiger partial charge in [0.05, 0.1) is 6.61 Å². The zero-order valence-corrected chi connectivity index (χ0v) is 6.64. The van der Waals surface area contributed by atoms with E-state index in [1.54, 1.807) is 0 Å². The highest BCUT2D eigenvalue weighted by molar-refractivity contribution is 5.72. The number of carbonyl (C=O) groups excluding carboxylic acids is 1. The molecule has 0 fully saturated rings. The monoisotopic (exact) mass is 177 g/mol. The molecule has 0 unspecified atom stereocenters. The van der Waals surface area contributed by atoms with Crippen molar-refractivity contribution in [3.8, 4) is 0 Å². The molecule has 0 aromatic heterocycles. The number of ether oxygens (including phenoxy) is 1. The molecule has 0 bridgehead atoms. The minimum Gasteiger partial charge on any atom is -0.380 e. The van der Waals surface area contributed by atoms with Gasteiger partial charge in [-0.1, -0.05) is 21.8 Å². The second kappa shape index (κ2) is 13.1. The molecule has 0 heterocycles. The molecule has 0 aliphatic rings. The van der Waals surface area contributed by atoms with Gasteiger partial charge in [-0.05, 0) is 6.42 Å². The van der Waals surface area contributed by atoms with Crippen LogP contribution in [0.4, 0.5) is 0 Å². The van der Waals surface area contributed by atoms with Crippen molar-refractivity contribution in [3.63, 3.8) is 0 Å². The van der Waals surface area contributed by atoms with Crippen molar-refractivity contribution in [2.45, 2.75) is 35.1 Å². The molecule has 0 rings (SSSR count). The van der Waals surface area contributed by atoms with E-state index in [1.807, 2.05) is 0 Å². The lowest BCUT2D eigenvalue weighted by Crippen LogP contribution is -2.24. The Morgan fingerprint density at radius 2 is 1.92 bits per heavy atom. The summed E-state index contributed by atoms with van der Waals surface area (Å²) in [6.45, 7) is 5.57. The number of hydrogen-bond acceptors (Lipinski definition) is 2. The predicted molar refractivity (Wildman–Crippen MR) is 53.3 cm³/mol. The smallest absolute Gasteiger partial charge is 0.216 e. The van der Waals surface area contributed by atoms with Crippen molar-refractivity contribution < 1.29 is 9.53 Å². The first-order valence-corrected chi connectivity index (χ1v) is 3.59. The fourth-order valence-electron chi connectivity index (χ4n) is 0.546. The summed E-state index contributed by atoms with van der Waals surface area (Å²) in [6.07, 6.45) is 1.03. The maximum atomic E-state index is 10.3. The summed E-state index contributed by atoms with van der Waals surface area (Å²) >= 11 is 0. The minimum atomic E-state index is 0. The maximum Gasteiger partial charge on any atom is 0.216 e. The second-order valence-corrected chi connectivity index (χ2v) is 2.10. The molecule has 3 heteroatoms. The molecular weight excluding hydrogens is 154 g/mol. The summed E-state index contributed by atoms with van der Waals surface area (Å²) in [4.78, 5) is 10.3. The van der Waals surface area contributed by atoms with Crippen molar-refractivity contribution in [2.75, 3.05) is 19.8 Å². The maximum absolute atomic E-state index is 10.3. The summed E-state index contributed by atoms with van der Waals surface area (Å²) in [5.41, 5.74) is 0. The first-order valence-electron chi connectivity index (χ1n) is 3.59. The number of nitrogens with one attached hydrogen (secondary N) is 1. The van der Waals surface area contributed by atoms with Crippen molar-refractivity contribution >= 4 is 5.91 Å². The Hall–Kier alpha value is -0.570. The number of amides is 1. The van der Waals surface area contributed by atoms with Crippen molar-refractivity contribution in [2.24, 2.45) is 0 Å². The van der Waals surface area contributed by atoms with Crippen LogP contribution in [0.2, 0.25) is 0 Å². The lowest BCUT2D eigenvalue weighted by Gasteiger charge is -2.01. The van der Waals surface area contributed by atoms with Gasteiger partial charge in [0.1, 0.15) is 0 Å². The van der Waals surface area contributed by atoms with Crippen LogP contribution in [0.3, 0.4) is 0 Å². The third-order valence-corrected chi connectivity index (χ3v) is 0.969. The lowest BCUT2D eigenvalue weighted by atomic mass is 10.5. The summed E-state index contributed by atoms with van der Waals surface area (Å²) < 4.78 is 5.12. The topological polar surface area (TPSA) is 38.3 Å². The molecule has 0 aliphatic heterocycles. The van der Waals surface area contributed by atoms with Crippen LogP contribution in [-0.4, -0.2) is 25.7 Å². The number of hydrogen-bond donors (Lipinski definition) is 1. The molecule has 0 atom stereocenters. The van der Waals surface area contributed by atoms with E-state index in [4.69, 9.17) is 4.74 Å². The second-order valence-electron chi connectivity index (χ2n) is 2.10. The van der Waals surface area contributed by atoms with Gasteiger partial charge in [0.15, 0.2) is 0 Å². The van der Waals surface area contributed by atoms with Gasteiger partial charge in [-0.15, -0.1) is 0 Å². The van der Waals surface area contributed by atoms with Gasteiger partial charge in [-0.25, -0.2) is 0 Å². The standard InChI is InChI=1S/C7H15NO2.2CH4/c1-3-5-10-6-4-8-7(2)9;;/h3-6H2,1-2H3,(H,8,9);2*1H4. The predicted octanol–water partition coefficient (Wildman–Crippen LogP) is 1.82. The molecule has 0 aromatic rings. The molecule has 0 saturated heterocycles. The van der Waals surface area contributed by atoms with Crippen molar-refractivity contribution in [3.05, 3.63) is 0 Å². The number of carbonyl (C=O) groups is 1. The lowest BCUT2D eigenvalue weighted by molar-refractivity contribution is -0.119. The van der Waals surface area contributed by atoms with Crippen molar-refractivity contribution in [1.82, 2.24) is 5.32 Å². The molecule has 0 aliphatic carbocycles. The Bertz CT molecular complexity index is 94.5. The zero-order chi connectivity index (χ0) is 7.82. The molecule has 0 saturated carbocycles. The highest BCUT2D eigenvalue weighted by atomic mass is 16.5. The van der Waals surface area contributed by atoms with E-state index in [0.717, 1.165) is 13.0 Å². The third-order valence-electron chi connectivity index (χ3n) is 0.969. The minimum absolute atomic E-state index is 0. The molecule has 3 nitrogen and oxygen atoms in total. The van der Waals surface area contributed by atoms with Crippen LogP contribution < -0.4 is 5.32 Å². The van der Waals surface area contributed by atoms with Crippen LogP contribution in [0.1, 0.15) is 35.1 Å². The van der Waals surface area contributed by atoms with Crippen LogP contribution in [0.25, 0.3) is 0 Å². The van der Waals surface area contributed by atoms with Crippen molar-refractivity contribution in [1.29, 1.82) is 0 Å². The van der Waals surface area contributed by atoms with E-state index < -0.39 is 0 Å². The van der Waals surface area contributed by atoms with E-state index in [0.29, 0.717) is 13.2 Å². The molecule has 0 spiro atoms. The Kier molecular flexibility index (Phi) is 19.0. The van der Waals surface area contributed by atoms with Crippen LogP contribution in [-0.2, 0) is 9.53 Å². The molecule has 12 heavy (non-hydrogen) atoms. The molecule has 0 radical (unpaired) electrons. The van der Waals surface area contributed by atoms with Crippen LogP contribution in [0, 0.1) is 0 Å². The fourth-order valence-corrected chi connectivity index (χ4v) is 0.546. The van der Waals surface area contributed by atoms with Crippen LogP contribution in [0.15, 0.2) is 0 Å². The van der Waals surface area contributed by atoms with E-state index in [9.17, 15) is 4.79 Å². The highest BCUT2D eigenvalue weighted by Crippen LogP contribution is 1.77. The molecule has 76 valence electrons. The first kappa shape index (κ1) is 17.5. The SMILES string of the molecule is C.C.CCCOCCNC(C)=O. The Balaban J connectivity index is -0.000000405. The summed E-state index contributed by atoms with van der Waals surface area (Å²) in [6, 6.07) is 0. The molecular formula is C9H23NO2.